The van der Waals surface area contributed by atoms with Gasteiger partial charge < -0.3 is 20.9 Å². The maximum absolute atomic E-state index is 12.9. The number of hydrogen-bond acceptors (Lipinski definition) is 6. The highest BCUT2D eigenvalue weighted by molar-refractivity contribution is 5.93. The number of nitrogens with two attached hydrogens (primary N) is 2. The molecule has 0 spiro atoms. The summed E-state index contributed by atoms with van der Waals surface area (Å²) in [6.45, 7) is 12.6. The van der Waals surface area contributed by atoms with E-state index in [0.717, 1.165) is 53.9 Å². The van der Waals surface area contributed by atoms with Crippen molar-refractivity contribution in [2.75, 3.05) is 11.5 Å². The van der Waals surface area contributed by atoms with Gasteiger partial charge in [0.05, 0.1) is 5.56 Å². The summed E-state index contributed by atoms with van der Waals surface area (Å²) in [6, 6.07) is 11.7. The van der Waals surface area contributed by atoms with Gasteiger partial charge in [-0.25, -0.2) is 9.59 Å². The molecular formula is C43H60N2O4. The van der Waals surface area contributed by atoms with E-state index in [4.69, 9.17) is 20.9 Å². The van der Waals surface area contributed by atoms with Crippen LogP contribution < -0.4 is 16.2 Å². The summed E-state index contributed by atoms with van der Waals surface area (Å²) < 4.78 is 11.5. The van der Waals surface area contributed by atoms with Gasteiger partial charge in [-0.3, -0.25) is 0 Å². The second kappa shape index (κ2) is 14.5. The third-order valence-corrected chi connectivity index (χ3v) is 13.8. The summed E-state index contributed by atoms with van der Waals surface area (Å²) in [4.78, 5) is 25.4. The molecule has 4 aliphatic carbocycles. The van der Waals surface area contributed by atoms with Gasteiger partial charge in [0.2, 0.25) is 0 Å². The predicted molar refractivity (Wildman–Crippen MR) is 199 cm³/mol. The lowest BCUT2D eigenvalue weighted by atomic mass is 9.44. The molecule has 9 atom stereocenters. The Labute approximate surface area is 294 Å². The minimum absolute atomic E-state index is 0.00831. The van der Waals surface area contributed by atoms with Crippen LogP contribution in [0, 0.1) is 52.3 Å². The van der Waals surface area contributed by atoms with Gasteiger partial charge in [-0.1, -0.05) is 66.0 Å². The molecule has 6 heteroatoms. The molecule has 4 saturated carbocycles. The van der Waals surface area contributed by atoms with Gasteiger partial charge >= 0.3 is 11.9 Å². The van der Waals surface area contributed by atoms with Crippen LogP contribution in [0.4, 0.5) is 11.4 Å². The van der Waals surface area contributed by atoms with Crippen LogP contribution in [0.1, 0.15) is 128 Å². The van der Waals surface area contributed by atoms with Crippen LogP contribution in [0.5, 0.6) is 5.75 Å². The highest BCUT2D eigenvalue weighted by atomic mass is 16.5. The lowest BCUT2D eigenvalue weighted by Crippen LogP contribution is -2.54. The highest BCUT2D eigenvalue weighted by Crippen LogP contribution is 2.68. The quantitative estimate of drug-likeness (QED) is 0.113. The number of ether oxygens (including phenoxy) is 2. The van der Waals surface area contributed by atoms with Crippen LogP contribution in [-0.2, 0) is 9.53 Å². The molecule has 4 aliphatic rings. The third kappa shape index (κ3) is 7.59. The number of rotatable bonds is 10. The number of nitrogen functional groups attached to an aromatic ring is 2. The number of esters is 2. The fraction of sp³-hybridized carbons (Fsp3) is 0.628. The van der Waals surface area contributed by atoms with Gasteiger partial charge in [0, 0.05) is 17.5 Å². The molecule has 0 aromatic heterocycles. The minimum Gasteiger partial charge on any atom is -0.459 e. The number of fused-ring (bicyclic) bond motifs is 5. The molecule has 6 nitrogen and oxygen atoms in total. The zero-order valence-electron chi connectivity index (χ0n) is 30.6. The third-order valence-electron chi connectivity index (χ3n) is 13.8. The predicted octanol–water partition coefficient (Wildman–Crippen LogP) is 10.1. The summed E-state index contributed by atoms with van der Waals surface area (Å²) in [6.07, 6.45) is 18.9. The monoisotopic (exact) mass is 668 g/mol. The van der Waals surface area contributed by atoms with E-state index in [1.807, 2.05) is 0 Å². The Hall–Kier alpha value is -3.28. The number of anilines is 2. The van der Waals surface area contributed by atoms with E-state index < -0.39 is 5.97 Å². The van der Waals surface area contributed by atoms with Crippen LogP contribution in [0.2, 0.25) is 0 Å². The first-order valence-electron chi connectivity index (χ1n) is 19.2. The van der Waals surface area contributed by atoms with Gasteiger partial charge in [0.25, 0.3) is 0 Å². The van der Waals surface area contributed by atoms with E-state index in [9.17, 15) is 9.59 Å². The Morgan fingerprint density at radius 1 is 0.857 bits per heavy atom. The van der Waals surface area contributed by atoms with E-state index in [2.05, 4.69) is 34.6 Å². The van der Waals surface area contributed by atoms with Crippen LogP contribution in [-0.4, -0.2) is 18.0 Å². The molecule has 266 valence electrons. The van der Waals surface area contributed by atoms with Crippen molar-refractivity contribution in [2.45, 2.75) is 118 Å². The van der Waals surface area contributed by atoms with Gasteiger partial charge in [-0.15, -0.1) is 0 Å². The maximum atomic E-state index is 12.9. The molecule has 0 amide bonds. The van der Waals surface area contributed by atoms with Crippen molar-refractivity contribution in [3.05, 3.63) is 59.7 Å². The van der Waals surface area contributed by atoms with E-state index >= 15 is 0 Å². The molecule has 6 rings (SSSR count). The van der Waals surface area contributed by atoms with Crippen molar-refractivity contribution in [2.24, 2.45) is 52.3 Å². The van der Waals surface area contributed by atoms with E-state index in [1.165, 1.54) is 82.4 Å². The number of hydrogen-bond donors (Lipinski definition) is 2. The number of carbonyl (C=O) groups is 2. The fourth-order valence-electron chi connectivity index (χ4n) is 11.3. The zero-order chi connectivity index (χ0) is 34.9. The van der Waals surface area contributed by atoms with E-state index in [1.54, 1.807) is 36.4 Å². The van der Waals surface area contributed by atoms with Gasteiger partial charge in [-0.05, 0) is 152 Å². The standard InChI is InChI=1S/C43H60N2O4/c1-27(2)7-6-8-28(3)37-16-17-38-36-15-12-31-25-35(19-21-42(31,4)39(36)20-22-43(37,38)5)48-40(46)18-11-29-9-13-34(14-10-29)49-41(47)30-23-32(44)26-33(45)24-30/h9-11,13-14,18,23-24,26-28,31,35-39H,6-8,12,15-17,19-22,25,44-45H2,1-5H3/t28-,31?,35?,36+,37-,38+,39+,42+,43-/m1/s1. The number of benzene rings is 2. The van der Waals surface area contributed by atoms with Crippen LogP contribution in [0.3, 0.4) is 0 Å². The Morgan fingerprint density at radius 3 is 2.27 bits per heavy atom. The summed E-state index contributed by atoms with van der Waals surface area (Å²) in [5.74, 6) is 5.37. The molecule has 4 fully saturated rings. The first kappa shape index (κ1) is 35.5. The van der Waals surface area contributed by atoms with Crippen LogP contribution in [0.15, 0.2) is 48.5 Å². The summed E-state index contributed by atoms with van der Waals surface area (Å²) >= 11 is 0. The molecule has 0 saturated heterocycles. The van der Waals surface area contributed by atoms with Crippen molar-refractivity contribution in [3.8, 4) is 5.75 Å². The first-order chi connectivity index (χ1) is 23.4. The zero-order valence-corrected chi connectivity index (χ0v) is 30.6. The Bertz CT molecular complexity index is 1500. The van der Waals surface area contributed by atoms with Crippen molar-refractivity contribution in [1.29, 1.82) is 0 Å². The van der Waals surface area contributed by atoms with Crippen LogP contribution >= 0.6 is 0 Å². The van der Waals surface area contributed by atoms with Crippen molar-refractivity contribution < 1.29 is 19.1 Å². The second-order valence-corrected chi connectivity index (χ2v) is 17.2. The van der Waals surface area contributed by atoms with Crippen molar-refractivity contribution in [3.63, 3.8) is 0 Å². The van der Waals surface area contributed by atoms with Crippen molar-refractivity contribution in [1.82, 2.24) is 0 Å². The molecule has 0 radical (unpaired) electrons. The molecule has 2 unspecified atom stereocenters. The first-order valence-corrected chi connectivity index (χ1v) is 19.2. The molecular weight excluding hydrogens is 608 g/mol. The molecule has 49 heavy (non-hydrogen) atoms. The normalized spacial score (nSPS) is 33.0. The summed E-state index contributed by atoms with van der Waals surface area (Å²) in [7, 11) is 0. The number of carbonyl (C=O) groups excluding carboxylic acids is 2. The lowest BCUT2D eigenvalue weighted by molar-refractivity contribution is -0.157. The Morgan fingerprint density at radius 2 is 1.55 bits per heavy atom. The maximum Gasteiger partial charge on any atom is 0.343 e. The summed E-state index contributed by atoms with van der Waals surface area (Å²) in [5, 5.41) is 0. The average Bonchev–Trinajstić information content (AvgIpc) is 3.41. The highest BCUT2D eigenvalue weighted by Gasteiger charge is 2.60. The smallest absolute Gasteiger partial charge is 0.343 e. The molecule has 2 aromatic rings. The largest absolute Gasteiger partial charge is 0.459 e. The average molecular weight is 669 g/mol. The molecule has 0 aliphatic heterocycles. The van der Waals surface area contributed by atoms with Crippen LogP contribution in [0.25, 0.3) is 6.08 Å². The lowest BCUT2D eigenvalue weighted by Gasteiger charge is -2.61. The molecule has 2 aromatic carbocycles. The minimum atomic E-state index is -0.533. The second-order valence-electron chi connectivity index (χ2n) is 17.2. The molecule has 4 N–H and O–H groups in total. The molecule has 0 bridgehead atoms. The Kier molecular flexibility index (Phi) is 10.5. The van der Waals surface area contributed by atoms with Gasteiger partial charge in [-0.2, -0.15) is 0 Å². The van der Waals surface area contributed by atoms with Crippen molar-refractivity contribution >= 4 is 29.4 Å². The molecule has 0 heterocycles. The Balaban J connectivity index is 0.996. The van der Waals surface area contributed by atoms with E-state index in [-0.39, 0.29) is 12.1 Å². The van der Waals surface area contributed by atoms with E-state index in [0.29, 0.717) is 39.4 Å². The summed E-state index contributed by atoms with van der Waals surface area (Å²) in [5.41, 5.74) is 14.4. The van der Waals surface area contributed by atoms with Gasteiger partial charge in [0.1, 0.15) is 11.9 Å². The topological polar surface area (TPSA) is 105 Å². The fourth-order valence-corrected chi connectivity index (χ4v) is 11.3. The van der Waals surface area contributed by atoms with Gasteiger partial charge in [0.15, 0.2) is 0 Å². The SMILES string of the molecule is CC(C)CCC[C@@H](C)[C@H]1CC[C@H]2[C@@H]3CCC4CC(OC(=O)C=Cc5ccc(OC(=O)c6cc(N)cc(N)c6)cc5)CC[C@]4(C)[C@H]3CC[C@]12C.